The minimum atomic E-state index is 0.113. The van der Waals surface area contributed by atoms with Gasteiger partial charge >= 0.3 is 0 Å². The van der Waals surface area contributed by atoms with Gasteiger partial charge in [0, 0.05) is 50.6 Å². The number of rotatable bonds is 3. The van der Waals surface area contributed by atoms with Gasteiger partial charge in [0.05, 0.1) is 11.6 Å². The summed E-state index contributed by atoms with van der Waals surface area (Å²) in [5.41, 5.74) is 2.31. The molecule has 1 amide bonds. The van der Waals surface area contributed by atoms with Gasteiger partial charge in [0.1, 0.15) is 5.82 Å². The number of nitriles is 1. The molecule has 1 N–H and O–H groups in total. The Morgan fingerprint density at radius 2 is 1.84 bits per heavy atom. The number of anilines is 3. The van der Waals surface area contributed by atoms with Gasteiger partial charge in [-0.2, -0.15) is 10.2 Å². The van der Waals surface area contributed by atoms with Crippen molar-refractivity contribution in [2.45, 2.75) is 13.8 Å². The number of hydrogen-bond acceptors (Lipinski definition) is 6. The molecule has 0 radical (unpaired) electrons. The minimum Gasteiger partial charge on any atom is -0.353 e. The van der Waals surface area contributed by atoms with Crippen LogP contribution in [0.1, 0.15) is 18.2 Å². The maximum atomic E-state index is 11.5. The first-order valence-corrected chi connectivity index (χ1v) is 8.18. The highest BCUT2D eigenvalue weighted by Gasteiger charge is 2.20. The molecule has 2 heterocycles. The third-order valence-corrected chi connectivity index (χ3v) is 4.16. The molecule has 7 nitrogen and oxygen atoms in total. The zero-order chi connectivity index (χ0) is 17.8. The van der Waals surface area contributed by atoms with Crippen LogP contribution in [0.15, 0.2) is 30.3 Å². The molecule has 7 heteroatoms. The van der Waals surface area contributed by atoms with Crippen LogP contribution >= 0.6 is 0 Å². The predicted molar refractivity (Wildman–Crippen MR) is 95.7 cm³/mol. The lowest BCUT2D eigenvalue weighted by molar-refractivity contribution is -0.129. The van der Waals surface area contributed by atoms with Crippen LogP contribution in [-0.4, -0.2) is 47.0 Å². The average Bonchev–Trinajstić information content (AvgIpc) is 2.62. The molecule has 1 fully saturated rings. The van der Waals surface area contributed by atoms with Crippen LogP contribution in [0.25, 0.3) is 0 Å². The van der Waals surface area contributed by atoms with Crippen molar-refractivity contribution in [1.29, 1.82) is 5.26 Å². The van der Waals surface area contributed by atoms with E-state index in [0.717, 1.165) is 30.3 Å². The first kappa shape index (κ1) is 16.7. The van der Waals surface area contributed by atoms with Crippen molar-refractivity contribution in [3.05, 3.63) is 41.6 Å². The van der Waals surface area contributed by atoms with Gasteiger partial charge in [-0.05, 0) is 31.2 Å². The molecule has 0 atom stereocenters. The number of nitrogens with one attached hydrogen (secondary N) is 1. The predicted octanol–water partition coefficient (Wildman–Crippen LogP) is 2.07. The summed E-state index contributed by atoms with van der Waals surface area (Å²) in [6, 6.07) is 11.2. The summed E-state index contributed by atoms with van der Waals surface area (Å²) in [5.74, 6) is 1.49. The number of piperazine rings is 1. The molecule has 1 aliphatic rings. The monoisotopic (exact) mass is 336 g/mol. The molecule has 1 aromatic heterocycles. The van der Waals surface area contributed by atoms with Gasteiger partial charge in [-0.25, -0.2) is 4.98 Å². The largest absolute Gasteiger partial charge is 0.353 e. The minimum absolute atomic E-state index is 0.113. The van der Waals surface area contributed by atoms with Gasteiger partial charge in [-0.15, -0.1) is 0 Å². The molecular weight excluding hydrogens is 316 g/mol. The highest BCUT2D eigenvalue weighted by atomic mass is 16.2. The maximum absolute atomic E-state index is 11.5. The molecule has 1 saturated heterocycles. The van der Waals surface area contributed by atoms with E-state index >= 15 is 0 Å². The number of aryl methyl sites for hydroxylation is 1. The van der Waals surface area contributed by atoms with Gasteiger partial charge < -0.3 is 15.1 Å². The molecule has 0 unspecified atom stereocenters. The topological polar surface area (TPSA) is 85.2 Å². The molecule has 0 bridgehead atoms. The zero-order valence-corrected chi connectivity index (χ0v) is 14.4. The molecular formula is C18H20N6O. The lowest BCUT2D eigenvalue weighted by Gasteiger charge is -2.35. The van der Waals surface area contributed by atoms with Crippen LogP contribution in [0.5, 0.6) is 0 Å². The second kappa shape index (κ2) is 7.18. The maximum Gasteiger partial charge on any atom is 0.229 e. The molecule has 2 aromatic rings. The summed E-state index contributed by atoms with van der Waals surface area (Å²) in [4.78, 5) is 24.5. The number of amides is 1. The SMILES string of the molecule is CC(=O)N1CCN(c2cc(C)nc(Nc3ccc(C#N)cc3)n2)CC1. The normalized spacial score (nSPS) is 14.1. The summed E-state index contributed by atoms with van der Waals surface area (Å²) in [6.45, 7) is 6.46. The summed E-state index contributed by atoms with van der Waals surface area (Å²) >= 11 is 0. The number of benzene rings is 1. The van der Waals surface area contributed by atoms with E-state index in [1.165, 1.54) is 0 Å². The number of nitrogens with zero attached hydrogens (tertiary/aromatic N) is 5. The first-order valence-electron chi connectivity index (χ1n) is 8.18. The fourth-order valence-corrected chi connectivity index (χ4v) is 2.78. The fraction of sp³-hybridized carbons (Fsp3) is 0.333. The molecule has 1 aliphatic heterocycles. The molecule has 128 valence electrons. The van der Waals surface area contributed by atoms with E-state index in [-0.39, 0.29) is 5.91 Å². The Labute approximate surface area is 146 Å². The van der Waals surface area contributed by atoms with Gasteiger partial charge in [-0.3, -0.25) is 4.79 Å². The third-order valence-electron chi connectivity index (χ3n) is 4.16. The van der Waals surface area contributed by atoms with Crippen LogP contribution in [0.2, 0.25) is 0 Å². The fourth-order valence-electron chi connectivity index (χ4n) is 2.78. The smallest absolute Gasteiger partial charge is 0.229 e. The Morgan fingerprint density at radius 3 is 2.44 bits per heavy atom. The Hall–Kier alpha value is -3.14. The summed E-state index contributed by atoms with van der Waals surface area (Å²) in [7, 11) is 0. The number of carbonyl (C=O) groups is 1. The van der Waals surface area contributed by atoms with E-state index in [0.29, 0.717) is 24.6 Å². The molecule has 0 spiro atoms. The molecule has 3 rings (SSSR count). The highest BCUT2D eigenvalue weighted by molar-refractivity contribution is 5.73. The Morgan fingerprint density at radius 1 is 1.16 bits per heavy atom. The second-order valence-electron chi connectivity index (χ2n) is 6.00. The van der Waals surface area contributed by atoms with Crippen molar-refractivity contribution < 1.29 is 4.79 Å². The van der Waals surface area contributed by atoms with Gasteiger partial charge in [0.25, 0.3) is 0 Å². The van der Waals surface area contributed by atoms with Crippen LogP contribution in [0.4, 0.5) is 17.5 Å². The van der Waals surface area contributed by atoms with Crippen molar-refractivity contribution in [3.63, 3.8) is 0 Å². The van der Waals surface area contributed by atoms with Crippen molar-refractivity contribution in [2.75, 3.05) is 36.4 Å². The summed E-state index contributed by atoms with van der Waals surface area (Å²) in [6.07, 6.45) is 0. The van der Waals surface area contributed by atoms with E-state index in [1.54, 1.807) is 19.1 Å². The molecule has 25 heavy (non-hydrogen) atoms. The Balaban J connectivity index is 1.74. The third kappa shape index (κ3) is 4.04. The Kier molecular flexibility index (Phi) is 4.80. The molecule has 1 aromatic carbocycles. The van der Waals surface area contributed by atoms with Gasteiger partial charge in [-0.1, -0.05) is 0 Å². The van der Waals surface area contributed by atoms with Crippen LogP contribution in [-0.2, 0) is 4.79 Å². The van der Waals surface area contributed by atoms with Crippen molar-refractivity contribution in [2.24, 2.45) is 0 Å². The van der Waals surface area contributed by atoms with E-state index < -0.39 is 0 Å². The van der Waals surface area contributed by atoms with Crippen molar-refractivity contribution in [1.82, 2.24) is 14.9 Å². The first-order chi connectivity index (χ1) is 12.0. The number of aromatic nitrogens is 2. The van der Waals surface area contributed by atoms with E-state index in [9.17, 15) is 4.79 Å². The van der Waals surface area contributed by atoms with E-state index in [4.69, 9.17) is 5.26 Å². The summed E-state index contributed by atoms with van der Waals surface area (Å²) < 4.78 is 0. The number of hydrogen-bond donors (Lipinski definition) is 1. The van der Waals surface area contributed by atoms with Gasteiger partial charge in [0.15, 0.2) is 0 Å². The van der Waals surface area contributed by atoms with Crippen molar-refractivity contribution >= 4 is 23.4 Å². The highest BCUT2D eigenvalue weighted by Crippen LogP contribution is 2.20. The zero-order valence-electron chi connectivity index (χ0n) is 14.4. The van der Waals surface area contributed by atoms with Crippen LogP contribution in [0, 0.1) is 18.3 Å². The molecule has 0 saturated carbocycles. The van der Waals surface area contributed by atoms with Gasteiger partial charge in [0.2, 0.25) is 11.9 Å². The molecule has 0 aliphatic carbocycles. The second-order valence-corrected chi connectivity index (χ2v) is 6.00. The number of carbonyl (C=O) groups excluding carboxylic acids is 1. The van der Waals surface area contributed by atoms with Crippen LogP contribution < -0.4 is 10.2 Å². The quantitative estimate of drug-likeness (QED) is 0.923. The standard InChI is InChI=1S/C18H20N6O/c1-13-11-17(24-9-7-23(8-10-24)14(2)25)22-18(20-13)21-16-5-3-15(12-19)4-6-16/h3-6,11H,7-10H2,1-2H3,(H,20,21,22). The van der Waals surface area contributed by atoms with E-state index in [2.05, 4.69) is 26.3 Å². The van der Waals surface area contributed by atoms with Crippen molar-refractivity contribution in [3.8, 4) is 6.07 Å². The Bertz CT molecular complexity index is 803. The lowest BCUT2D eigenvalue weighted by atomic mass is 10.2. The van der Waals surface area contributed by atoms with Crippen LogP contribution in [0.3, 0.4) is 0 Å². The lowest BCUT2D eigenvalue weighted by Crippen LogP contribution is -2.48. The average molecular weight is 336 g/mol. The van der Waals surface area contributed by atoms with E-state index in [1.807, 2.05) is 30.0 Å². The summed E-state index contributed by atoms with van der Waals surface area (Å²) in [5, 5.41) is 12.0.